The third kappa shape index (κ3) is 1.01. The number of hydrogen-bond acceptors (Lipinski definition) is 1. The zero-order valence-electron chi connectivity index (χ0n) is 8.28. The van der Waals surface area contributed by atoms with E-state index in [0.717, 1.165) is 25.8 Å². The highest BCUT2D eigenvalue weighted by Crippen LogP contribution is 2.65. The summed E-state index contributed by atoms with van der Waals surface area (Å²) < 4.78 is 13.7. The Morgan fingerprint density at radius 1 is 1.31 bits per heavy atom. The van der Waals surface area contributed by atoms with E-state index in [-0.39, 0.29) is 0 Å². The lowest BCUT2D eigenvalue weighted by Crippen LogP contribution is -2.40. The molecule has 2 bridgehead atoms. The summed E-state index contributed by atoms with van der Waals surface area (Å²) in [5.74, 6) is 1.38. The Morgan fingerprint density at radius 2 is 2.00 bits per heavy atom. The molecule has 0 radical (unpaired) electrons. The van der Waals surface area contributed by atoms with Crippen molar-refractivity contribution in [3.05, 3.63) is 0 Å². The summed E-state index contributed by atoms with van der Waals surface area (Å²) in [5, 5.41) is 3.58. The van der Waals surface area contributed by atoms with Gasteiger partial charge in [0.2, 0.25) is 0 Å². The summed E-state index contributed by atoms with van der Waals surface area (Å²) in [4.78, 5) is 0. The summed E-state index contributed by atoms with van der Waals surface area (Å²) in [6.07, 6.45) is 5.16. The van der Waals surface area contributed by atoms with Crippen LogP contribution in [-0.4, -0.2) is 17.8 Å². The number of halogens is 1. The molecule has 4 rings (SSSR count). The number of nitrogens with one attached hydrogen (secondary N) is 1. The Kier molecular flexibility index (Phi) is 1.44. The molecule has 0 aromatic heterocycles. The molecular formula is C11H18FN. The maximum absolute atomic E-state index is 13.7. The zero-order chi connectivity index (χ0) is 9.10. The van der Waals surface area contributed by atoms with Gasteiger partial charge in [0.15, 0.2) is 0 Å². The maximum atomic E-state index is 13.7. The Hall–Kier alpha value is -0.110. The first-order valence-electron chi connectivity index (χ1n) is 5.61. The quantitative estimate of drug-likeness (QED) is 0.707. The van der Waals surface area contributed by atoms with Crippen LogP contribution in [-0.2, 0) is 0 Å². The van der Waals surface area contributed by atoms with E-state index in [9.17, 15) is 4.39 Å². The van der Waals surface area contributed by atoms with E-state index in [1.807, 2.05) is 0 Å². The van der Waals surface area contributed by atoms with Gasteiger partial charge in [0.25, 0.3) is 0 Å². The zero-order valence-corrected chi connectivity index (χ0v) is 8.28. The fourth-order valence-corrected chi connectivity index (χ4v) is 3.70. The van der Waals surface area contributed by atoms with Gasteiger partial charge in [0.1, 0.15) is 5.67 Å². The summed E-state index contributed by atoms with van der Waals surface area (Å²) in [6, 6.07) is 0. The summed E-state index contributed by atoms with van der Waals surface area (Å²) in [6.45, 7) is 3.20. The van der Waals surface area contributed by atoms with Gasteiger partial charge in [0, 0.05) is 5.54 Å². The van der Waals surface area contributed by atoms with Crippen molar-refractivity contribution in [1.82, 2.24) is 5.32 Å². The van der Waals surface area contributed by atoms with E-state index >= 15 is 0 Å². The van der Waals surface area contributed by atoms with Crippen molar-refractivity contribution in [3.63, 3.8) is 0 Å². The molecule has 4 aliphatic rings. The van der Waals surface area contributed by atoms with Crippen molar-refractivity contribution >= 4 is 0 Å². The monoisotopic (exact) mass is 183 g/mol. The Morgan fingerprint density at radius 3 is 2.38 bits per heavy atom. The van der Waals surface area contributed by atoms with Gasteiger partial charge in [-0.15, -0.1) is 0 Å². The molecule has 4 saturated carbocycles. The molecule has 1 N–H and O–H groups in total. The number of hydrogen-bond donors (Lipinski definition) is 1. The average molecular weight is 183 g/mol. The minimum absolute atomic E-state index is 0.379. The van der Waals surface area contributed by atoms with Gasteiger partial charge in [-0.2, -0.15) is 0 Å². The smallest absolute Gasteiger partial charge is 0.112 e. The van der Waals surface area contributed by atoms with Crippen LogP contribution in [0.2, 0.25) is 0 Å². The van der Waals surface area contributed by atoms with Crippen LogP contribution >= 0.6 is 0 Å². The van der Waals surface area contributed by atoms with Gasteiger partial charge in [0.05, 0.1) is 0 Å². The highest BCUT2D eigenvalue weighted by Gasteiger charge is 2.65. The molecule has 1 nitrogen and oxygen atoms in total. The lowest BCUT2D eigenvalue weighted by atomic mass is 9.78. The van der Waals surface area contributed by atoms with Crippen LogP contribution in [0.1, 0.15) is 39.0 Å². The molecule has 0 amide bonds. The first-order chi connectivity index (χ1) is 6.18. The lowest BCUT2D eigenvalue weighted by Gasteiger charge is -2.32. The van der Waals surface area contributed by atoms with E-state index in [1.165, 1.54) is 12.8 Å². The van der Waals surface area contributed by atoms with Gasteiger partial charge in [-0.05, 0) is 50.5 Å². The SMILES string of the molecule is CCNC1(C2CC3(F)CC2C3)CC1. The van der Waals surface area contributed by atoms with Crippen molar-refractivity contribution < 1.29 is 4.39 Å². The van der Waals surface area contributed by atoms with Gasteiger partial charge in [-0.3, -0.25) is 0 Å². The molecule has 0 aliphatic heterocycles. The third-order valence-electron chi connectivity index (χ3n) is 4.44. The third-order valence-corrected chi connectivity index (χ3v) is 4.44. The fourth-order valence-electron chi connectivity index (χ4n) is 3.70. The lowest BCUT2D eigenvalue weighted by molar-refractivity contribution is 0.0721. The Labute approximate surface area is 79.1 Å². The Balaban J connectivity index is 1.73. The van der Waals surface area contributed by atoms with E-state index in [2.05, 4.69) is 12.2 Å². The van der Waals surface area contributed by atoms with E-state index in [1.54, 1.807) is 0 Å². The van der Waals surface area contributed by atoms with Gasteiger partial charge in [-0.25, -0.2) is 4.39 Å². The molecule has 0 spiro atoms. The number of alkyl halides is 1. The summed E-state index contributed by atoms with van der Waals surface area (Å²) >= 11 is 0. The first-order valence-corrected chi connectivity index (χ1v) is 5.61. The predicted octanol–water partition coefficient (Wildman–Crippen LogP) is 2.27. The normalized spacial score (nSPS) is 50.3. The van der Waals surface area contributed by atoms with Crippen molar-refractivity contribution in [3.8, 4) is 0 Å². The van der Waals surface area contributed by atoms with Crippen molar-refractivity contribution in [2.45, 2.75) is 50.2 Å². The minimum Gasteiger partial charge on any atom is -0.311 e. The van der Waals surface area contributed by atoms with Crippen molar-refractivity contribution in [2.75, 3.05) is 6.54 Å². The topological polar surface area (TPSA) is 12.0 Å². The second kappa shape index (κ2) is 2.28. The molecule has 74 valence electrons. The van der Waals surface area contributed by atoms with Crippen LogP contribution in [0.5, 0.6) is 0 Å². The molecule has 13 heavy (non-hydrogen) atoms. The van der Waals surface area contributed by atoms with Crippen LogP contribution in [0.15, 0.2) is 0 Å². The molecule has 1 atom stereocenters. The van der Waals surface area contributed by atoms with Crippen LogP contribution in [0, 0.1) is 11.8 Å². The first kappa shape index (κ1) is 8.22. The van der Waals surface area contributed by atoms with Gasteiger partial charge in [-0.1, -0.05) is 6.92 Å². The van der Waals surface area contributed by atoms with Crippen LogP contribution in [0.3, 0.4) is 0 Å². The van der Waals surface area contributed by atoms with Crippen LogP contribution < -0.4 is 5.32 Å². The predicted molar refractivity (Wildman–Crippen MR) is 50.3 cm³/mol. The van der Waals surface area contributed by atoms with Gasteiger partial charge < -0.3 is 5.32 Å². The molecule has 0 aromatic rings. The molecule has 2 heteroatoms. The van der Waals surface area contributed by atoms with Gasteiger partial charge >= 0.3 is 0 Å². The summed E-state index contributed by atoms with van der Waals surface area (Å²) in [7, 11) is 0. The molecule has 0 heterocycles. The van der Waals surface area contributed by atoms with E-state index < -0.39 is 5.67 Å². The molecular weight excluding hydrogens is 165 g/mol. The van der Waals surface area contributed by atoms with Crippen LogP contribution in [0.25, 0.3) is 0 Å². The number of fused-ring (bicyclic) bond motifs is 1. The minimum atomic E-state index is -0.736. The molecule has 0 saturated heterocycles. The van der Waals surface area contributed by atoms with E-state index in [4.69, 9.17) is 0 Å². The highest BCUT2D eigenvalue weighted by atomic mass is 19.1. The molecule has 1 unspecified atom stereocenters. The molecule has 0 aromatic carbocycles. The van der Waals surface area contributed by atoms with Crippen LogP contribution in [0.4, 0.5) is 4.39 Å². The highest BCUT2D eigenvalue weighted by molar-refractivity contribution is 5.18. The Bertz CT molecular complexity index is 228. The van der Waals surface area contributed by atoms with Crippen molar-refractivity contribution in [1.29, 1.82) is 0 Å². The van der Waals surface area contributed by atoms with E-state index in [0.29, 0.717) is 17.4 Å². The molecule has 4 aliphatic carbocycles. The standard InChI is InChI=1S/C11H18FN/c1-2-13-11(3-4-11)9-7-10(12)5-8(9)6-10/h8-9,13H,2-7H2,1H3. The largest absolute Gasteiger partial charge is 0.311 e. The fraction of sp³-hybridized carbons (Fsp3) is 1.00. The van der Waals surface area contributed by atoms with Crippen molar-refractivity contribution in [2.24, 2.45) is 11.8 Å². The second-order valence-electron chi connectivity index (χ2n) is 5.32. The average Bonchev–Trinajstić information content (AvgIpc) is 2.62. The summed E-state index contributed by atoms with van der Waals surface area (Å²) in [5.41, 5.74) is -0.357. The molecule has 4 fully saturated rings. The second-order valence-corrected chi connectivity index (χ2v) is 5.32. The maximum Gasteiger partial charge on any atom is 0.112 e. The number of rotatable bonds is 3.